The Morgan fingerprint density at radius 1 is 0.925 bits per heavy atom. The largest absolute Gasteiger partial charge is 0.416 e. The zero-order valence-electron chi connectivity index (χ0n) is 24.6. The first-order chi connectivity index (χ1) is 19.1. The monoisotopic (exact) mass is 577 g/mol. The molecule has 3 aromatic carbocycles. The van der Waals surface area contributed by atoms with Crippen molar-refractivity contribution in [3.63, 3.8) is 0 Å². The number of thioether (sulfide) groups is 1. The van der Waals surface area contributed by atoms with Crippen LogP contribution in [0.3, 0.4) is 0 Å². The topological polar surface area (TPSA) is 102 Å². The second-order valence-electron chi connectivity index (χ2n) is 8.26. The molecule has 0 amide bonds. The maximum atomic E-state index is 13.0. The van der Waals surface area contributed by atoms with Gasteiger partial charge in [-0.2, -0.15) is 13.2 Å². The summed E-state index contributed by atoms with van der Waals surface area (Å²) < 4.78 is 39.0. The Morgan fingerprint density at radius 2 is 1.52 bits per heavy atom. The lowest BCUT2D eigenvalue weighted by atomic mass is 10.1. The number of aryl methyl sites for hydroxylation is 1. The molecule has 0 aromatic heterocycles. The lowest BCUT2D eigenvalue weighted by Crippen LogP contribution is -2.26. The summed E-state index contributed by atoms with van der Waals surface area (Å²) in [6, 6.07) is 19.0. The Balaban J connectivity index is 0.000000749. The predicted octanol–water partition coefficient (Wildman–Crippen LogP) is 7.91. The number of nitrogens with two attached hydrogens (primary N) is 3. The van der Waals surface area contributed by atoms with Crippen molar-refractivity contribution in [3.8, 4) is 0 Å². The van der Waals surface area contributed by atoms with Gasteiger partial charge in [-0.3, -0.25) is 4.99 Å². The highest BCUT2D eigenvalue weighted by Gasteiger charge is 2.32. The molecule has 0 saturated heterocycles. The van der Waals surface area contributed by atoms with Crippen molar-refractivity contribution in [2.45, 2.75) is 65.1 Å². The van der Waals surface area contributed by atoms with E-state index in [-0.39, 0.29) is 12.1 Å². The van der Waals surface area contributed by atoms with Gasteiger partial charge in [0.1, 0.15) is 5.84 Å². The summed E-state index contributed by atoms with van der Waals surface area (Å²) in [5.41, 5.74) is 18.6. The van der Waals surface area contributed by atoms with Crippen molar-refractivity contribution in [1.29, 1.82) is 0 Å². The minimum absolute atomic E-state index is 0.0312. The molecule has 0 aliphatic rings. The zero-order chi connectivity index (χ0) is 30.6. The third-order valence-electron chi connectivity index (χ3n) is 5.24. The molecule has 0 atom stereocenters. The summed E-state index contributed by atoms with van der Waals surface area (Å²) >= 11 is 1.97. The fourth-order valence-electron chi connectivity index (χ4n) is 3.26. The van der Waals surface area contributed by atoms with Crippen molar-refractivity contribution in [1.82, 2.24) is 5.32 Å². The van der Waals surface area contributed by atoms with Crippen LogP contribution in [0.4, 0.5) is 24.5 Å². The maximum absolute atomic E-state index is 13.0. The maximum Gasteiger partial charge on any atom is 0.416 e. The molecule has 0 aliphatic heterocycles. The van der Waals surface area contributed by atoms with Crippen LogP contribution in [0, 0.1) is 6.92 Å². The second kappa shape index (κ2) is 20.7. The molecule has 5 nitrogen and oxygen atoms in total. The fourth-order valence-corrected chi connectivity index (χ4v) is 4.38. The number of para-hydroxylation sites is 1. The van der Waals surface area contributed by atoms with E-state index in [9.17, 15) is 13.2 Å². The van der Waals surface area contributed by atoms with E-state index in [1.54, 1.807) is 24.3 Å². The lowest BCUT2D eigenvalue weighted by Gasteiger charge is -2.16. The highest BCUT2D eigenvalue weighted by molar-refractivity contribution is 7.99. The molecule has 0 fully saturated rings. The average molecular weight is 578 g/mol. The van der Waals surface area contributed by atoms with Crippen LogP contribution in [0.15, 0.2) is 76.6 Å². The molecule has 3 aromatic rings. The van der Waals surface area contributed by atoms with Crippen LogP contribution in [-0.4, -0.2) is 25.2 Å². The number of unbranched alkanes of at least 4 members (excludes halogenated alkanes) is 1. The minimum Gasteiger partial charge on any atom is -0.397 e. The normalized spacial score (nSPS) is 10.7. The van der Waals surface area contributed by atoms with Gasteiger partial charge in [0.25, 0.3) is 0 Å². The highest BCUT2D eigenvalue weighted by atomic mass is 32.2. The first-order valence-corrected chi connectivity index (χ1v) is 14.5. The molecular weight excluding hydrogens is 531 g/mol. The molecule has 7 N–H and O–H groups in total. The van der Waals surface area contributed by atoms with Gasteiger partial charge in [0.2, 0.25) is 0 Å². The number of aliphatic imine (C=N–C) groups is 1. The van der Waals surface area contributed by atoms with Crippen molar-refractivity contribution in [3.05, 3.63) is 89.0 Å². The molecule has 0 spiro atoms. The third-order valence-corrected chi connectivity index (χ3v) is 6.50. The molecule has 0 heterocycles. The number of rotatable bonds is 7. The zero-order valence-corrected chi connectivity index (χ0v) is 25.4. The molecule has 0 radical (unpaired) electrons. The van der Waals surface area contributed by atoms with Crippen LogP contribution < -0.4 is 22.5 Å². The molecule has 0 aliphatic carbocycles. The molecule has 3 rings (SSSR count). The summed E-state index contributed by atoms with van der Waals surface area (Å²) in [7, 11) is 1.53. The Kier molecular flexibility index (Phi) is 19.1. The van der Waals surface area contributed by atoms with E-state index in [1.807, 2.05) is 32.5 Å². The van der Waals surface area contributed by atoms with E-state index in [2.05, 4.69) is 48.4 Å². The number of nitrogen functional groups attached to an aromatic ring is 2. The van der Waals surface area contributed by atoms with E-state index in [1.165, 1.54) is 48.2 Å². The molecular formula is C31H46F3N5S. The first-order valence-electron chi connectivity index (χ1n) is 13.5. The van der Waals surface area contributed by atoms with E-state index >= 15 is 0 Å². The summed E-state index contributed by atoms with van der Waals surface area (Å²) in [6.45, 7) is 11.0. The molecule has 0 bridgehead atoms. The summed E-state index contributed by atoms with van der Waals surface area (Å²) in [6.07, 6.45) is -1.80. The molecule has 0 unspecified atom stereocenters. The van der Waals surface area contributed by atoms with Gasteiger partial charge in [-0.15, -0.1) is 11.8 Å². The van der Waals surface area contributed by atoms with Gasteiger partial charge in [-0.05, 0) is 61.0 Å². The molecule has 0 saturated carbocycles. The Hall–Kier alpha value is -3.17. The summed E-state index contributed by atoms with van der Waals surface area (Å²) in [5.74, 6) is 1.63. The van der Waals surface area contributed by atoms with Crippen molar-refractivity contribution in [2.24, 2.45) is 10.7 Å². The van der Waals surface area contributed by atoms with Crippen LogP contribution in [0.1, 0.15) is 62.8 Å². The van der Waals surface area contributed by atoms with Gasteiger partial charge in [0.15, 0.2) is 0 Å². The number of benzene rings is 3. The SMILES string of the molecule is CC.CCCCSc1ccccc1C.CCN.CN=C(NCc1ccccc1C(F)(F)F)c1cccc(N)c1N. The predicted molar refractivity (Wildman–Crippen MR) is 169 cm³/mol. The average Bonchev–Trinajstić information content (AvgIpc) is 2.94. The third kappa shape index (κ3) is 13.3. The number of hydrogen-bond acceptors (Lipinski definition) is 5. The van der Waals surface area contributed by atoms with Gasteiger partial charge in [0, 0.05) is 24.1 Å². The Morgan fingerprint density at radius 3 is 2.10 bits per heavy atom. The molecule has 222 valence electrons. The van der Waals surface area contributed by atoms with E-state index in [0.29, 0.717) is 22.8 Å². The van der Waals surface area contributed by atoms with Crippen molar-refractivity contribution in [2.75, 3.05) is 30.8 Å². The van der Waals surface area contributed by atoms with Gasteiger partial charge >= 0.3 is 6.18 Å². The number of anilines is 2. The standard InChI is InChI=1S/C16H17F3N4.C11H16S.C2H7N.C2H6/c1-22-15(11-6-4-8-13(20)14(11)21)23-9-10-5-2-3-7-12(10)16(17,18)19;1-3-4-9-12-11-8-6-5-7-10(11)2;1-2-3;1-2/h2-8H,9,20-21H2,1H3,(H,22,23);5-8H,3-4,9H2,1-2H3;2-3H2,1H3;1-2H3. The van der Waals surface area contributed by atoms with Crippen LogP contribution in [-0.2, 0) is 12.7 Å². The fraction of sp³-hybridized carbons (Fsp3) is 0.387. The molecule has 40 heavy (non-hydrogen) atoms. The number of halogens is 3. The van der Waals surface area contributed by atoms with Crippen molar-refractivity contribution < 1.29 is 13.2 Å². The number of alkyl halides is 3. The number of hydrogen-bond donors (Lipinski definition) is 4. The van der Waals surface area contributed by atoms with Gasteiger partial charge in [-0.25, -0.2) is 0 Å². The molecule has 9 heteroatoms. The summed E-state index contributed by atoms with van der Waals surface area (Å²) in [5, 5.41) is 2.90. The quantitative estimate of drug-likeness (QED) is 0.0751. The van der Waals surface area contributed by atoms with Crippen LogP contribution in [0.5, 0.6) is 0 Å². The van der Waals surface area contributed by atoms with Crippen LogP contribution >= 0.6 is 11.8 Å². The Bertz CT molecular complexity index is 1130. The minimum atomic E-state index is -4.40. The van der Waals surface area contributed by atoms with Crippen molar-refractivity contribution >= 4 is 29.0 Å². The first kappa shape index (κ1) is 36.8. The van der Waals surface area contributed by atoms with Gasteiger partial charge < -0.3 is 22.5 Å². The Labute approximate surface area is 242 Å². The summed E-state index contributed by atoms with van der Waals surface area (Å²) in [4.78, 5) is 5.49. The van der Waals surface area contributed by atoms with E-state index in [4.69, 9.17) is 17.2 Å². The number of nitrogens with zero attached hydrogens (tertiary/aromatic N) is 1. The van der Waals surface area contributed by atoms with E-state index in [0.717, 1.165) is 12.6 Å². The highest BCUT2D eigenvalue weighted by Crippen LogP contribution is 2.32. The van der Waals surface area contributed by atoms with Crippen LogP contribution in [0.25, 0.3) is 0 Å². The van der Waals surface area contributed by atoms with E-state index < -0.39 is 11.7 Å². The van der Waals surface area contributed by atoms with Crippen LogP contribution in [0.2, 0.25) is 0 Å². The smallest absolute Gasteiger partial charge is 0.397 e. The van der Waals surface area contributed by atoms with Gasteiger partial charge in [0.05, 0.1) is 16.9 Å². The number of nitrogens with one attached hydrogen (secondary N) is 1. The lowest BCUT2D eigenvalue weighted by molar-refractivity contribution is -0.138. The van der Waals surface area contributed by atoms with Gasteiger partial charge in [-0.1, -0.05) is 76.6 Å². The second-order valence-corrected chi connectivity index (χ2v) is 9.40. The number of amidine groups is 1.